The highest BCUT2D eigenvalue weighted by Crippen LogP contribution is 2.15. The Morgan fingerprint density at radius 2 is 1.78 bits per heavy atom. The molecule has 0 fully saturated rings. The molecule has 4 nitrogen and oxygen atoms in total. The minimum Gasteiger partial charge on any atom is -0.348 e. The van der Waals surface area contributed by atoms with Crippen LogP contribution in [0, 0.1) is 13.8 Å². The maximum atomic E-state index is 12.2. The van der Waals surface area contributed by atoms with Crippen molar-refractivity contribution in [1.29, 1.82) is 0 Å². The number of nitrogens with one attached hydrogen (secondary N) is 2. The molecule has 0 radical (unpaired) electrons. The van der Waals surface area contributed by atoms with Gasteiger partial charge in [-0.05, 0) is 42.5 Å². The SMILES string of the molecule is Cc1ccccc1C(=O)NCc1cc2cccc(C)c2[nH]c1=O. The Hall–Kier alpha value is -2.88. The largest absolute Gasteiger partial charge is 0.348 e. The lowest BCUT2D eigenvalue weighted by atomic mass is 10.1. The van der Waals surface area contributed by atoms with E-state index in [0.717, 1.165) is 22.0 Å². The van der Waals surface area contributed by atoms with Crippen LogP contribution in [0.2, 0.25) is 0 Å². The first-order valence-corrected chi connectivity index (χ1v) is 7.51. The maximum Gasteiger partial charge on any atom is 0.253 e. The molecule has 116 valence electrons. The summed E-state index contributed by atoms with van der Waals surface area (Å²) in [5.74, 6) is -0.174. The highest BCUT2D eigenvalue weighted by Gasteiger charge is 2.10. The van der Waals surface area contributed by atoms with Crippen molar-refractivity contribution in [3.63, 3.8) is 0 Å². The third-order valence-electron chi connectivity index (χ3n) is 3.99. The van der Waals surface area contributed by atoms with E-state index in [1.54, 1.807) is 6.07 Å². The molecule has 1 heterocycles. The van der Waals surface area contributed by atoms with E-state index in [2.05, 4.69) is 10.3 Å². The van der Waals surface area contributed by atoms with Crippen LogP contribution in [-0.4, -0.2) is 10.9 Å². The van der Waals surface area contributed by atoms with Crippen LogP contribution in [0.5, 0.6) is 0 Å². The Morgan fingerprint density at radius 1 is 1.04 bits per heavy atom. The molecule has 0 aliphatic carbocycles. The summed E-state index contributed by atoms with van der Waals surface area (Å²) in [7, 11) is 0. The smallest absolute Gasteiger partial charge is 0.253 e. The molecule has 0 spiro atoms. The Kier molecular flexibility index (Phi) is 3.98. The highest BCUT2D eigenvalue weighted by atomic mass is 16.1. The summed E-state index contributed by atoms with van der Waals surface area (Å²) < 4.78 is 0. The molecule has 2 aromatic carbocycles. The molecule has 0 unspecified atom stereocenters. The van der Waals surface area contributed by atoms with Gasteiger partial charge in [0, 0.05) is 17.7 Å². The van der Waals surface area contributed by atoms with E-state index in [0.29, 0.717) is 11.1 Å². The minimum atomic E-state index is -0.174. The van der Waals surface area contributed by atoms with Gasteiger partial charge in [-0.25, -0.2) is 0 Å². The molecule has 3 aromatic rings. The van der Waals surface area contributed by atoms with Crippen LogP contribution in [0.1, 0.15) is 27.0 Å². The fourth-order valence-corrected chi connectivity index (χ4v) is 2.66. The van der Waals surface area contributed by atoms with Crippen molar-refractivity contribution in [2.45, 2.75) is 20.4 Å². The summed E-state index contributed by atoms with van der Waals surface area (Å²) in [6.45, 7) is 4.05. The monoisotopic (exact) mass is 306 g/mol. The average molecular weight is 306 g/mol. The van der Waals surface area contributed by atoms with Gasteiger partial charge in [-0.1, -0.05) is 36.4 Å². The number of aromatic nitrogens is 1. The van der Waals surface area contributed by atoms with E-state index in [4.69, 9.17) is 0 Å². The summed E-state index contributed by atoms with van der Waals surface area (Å²) in [5.41, 5.74) is 3.78. The van der Waals surface area contributed by atoms with E-state index >= 15 is 0 Å². The number of fused-ring (bicyclic) bond motifs is 1. The third kappa shape index (κ3) is 3.01. The quantitative estimate of drug-likeness (QED) is 0.781. The lowest BCUT2D eigenvalue weighted by molar-refractivity contribution is 0.0950. The number of aromatic amines is 1. The van der Waals surface area contributed by atoms with Crippen molar-refractivity contribution in [3.8, 4) is 0 Å². The number of pyridine rings is 1. The van der Waals surface area contributed by atoms with Crippen LogP contribution >= 0.6 is 0 Å². The van der Waals surface area contributed by atoms with E-state index in [9.17, 15) is 9.59 Å². The van der Waals surface area contributed by atoms with Gasteiger partial charge in [0.05, 0.1) is 5.52 Å². The molecular weight excluding hydrogens is 288 g/mol. The van der Waals surface area contributed by atoms with Crippen molar-refractivity contribution in [2.24, 2.45) is 0 Å². The summed E-state index contributed by atoms with van der Waals surface area (Å²) in [6.07, 6.45) is 0. The Balaban J connectivity index is 1.85. The molecule has 0 saturated carbocycles. The van der Waals surface area contributed by atoms with Gasteiger partial charge < -0.3 is 10.3 Å². The zero-order valence-corrected chi connectivity index (χ0v) is 13.1. The van der Waals surface area contributed by atoms with Gasteiger partial charge in [0.1, 0.15) is 0 Å². The molecule has 1 aromatic heterocycles. The first-order valence-electron chi connectivity index (χ1n) is 7.51. The van der Waals surface area contributed by atoms with Crippen LogP contribution in [-0.2, 0) is 6.54 Å². The van der Waals surface area contributed by atoms with Crippen LogP contribution < -0.4 is 10.9 Å². The predicted octanol–water partition coefficient (Wildman–Crippen LogP) is 3.07. The summed E-state index contributed by atoms with van der Waals surface area (Å²) >= 11 is 0. The molecule has 0 saturated heterocycles. The van der Waals surface area contributed by atoms with Crippen LogP contribution in [0.15, 0.2) is 53.3 Å². The lowest BCUT2D eigenvalue weighted by Crippen LogP contribution is -2.27. The maximum absolute atomic E-state index is 12.2. The topological polar surface area (TPSA) is 62.0 Å². The molecule has 1 amide bonds. The number of rotatable bonds is 3. The molecule has 0 aliphatic rings. The summed E-state index contributed by atoms with van der Waals surface area (Å²) in [6, 6.07) is 15.1. The zero-order valence-electron chi connectivity index (χ0n) is 13.1. The second kappa shape index (κ2) is 6.08. The van der Waals surface area contributed by atoms with Gasteiger partial charge in [0.15, 0.2) is 0 Å². The Morgan fingerprint density at radius 3 is 2.57 bits per heavy atom. The average Bonchev–Trinajstić information content (AvgIpc) is 2.54. The van der Waals surface area contributed by atoms with Crippen LogP contribution in [0.4, 0.5) is 0 Å². The van der Waals surface area contributed by atoms with Gasteiger partial charge in [-0.15, -0.1) is 0 Å². The number of H-pyrrole nitrogens is 1. The van der Waals surface area contributed by atoms with Gasteiger partial charge >= 0.3 is 0 Å². The fraction of sp³-hybridized carbons (Fsp3) is 0.158. The zero-order chi connectivity index (χ0) is 16.4. The lowest BCUT2D eigenvalue weighted by Gasteiger charge is -2.08. The number of aryl methyl sites for hydroxylation is 2. The first kappa shape index (κ1) is 15.0. The van der Waals surface area contributed by atoms with Gasteiger partial charge in [-0.3, -0.25) is 9.59 Å². The van der Waals surface area contributed by atoms with Gasteiger partial charge in [0.25, 0.3) is 11.5 Å². The number of hydrogen-bond donors (Lipinski definition) is 2. The van der Waals surface area contributed by atoms with E-state index in [1.165, 1.54) is 0 Å². The van der Waals surface area contributed by atoms with Crippen LogP contribution in [0.25, 0.3) is 10.9 Å². The Labute approximate surface area is 134 Å². The van der Waals surface area contributed by atoms with Gasteiger partial charge in [0.2, 0.25) is 0 Å². The highest BCUT2D eigenvalue weighted by molar-refractivity contribution is 5.95. The number of hydrogen-bond acceptors (Lipinski definition) is 2. The molecule has 2 N–H and O–H groups in total. The van der Waals surface area contributed by atoms with E-state index < -0.39 is 0 Å². The molecule has 3 rings (SSSR count). The number of carbonyl (C=O) groups excluding carboxylic acids is 1. The standard InChI is InChI=1S/C19H18N2O2/c1-12-6-3-4-9-16(12)19(23)20-11-15-10-14-8-5-7-13(2)17(14)21-18(15)22/h3-10H,11H2,1-2H3,(H,20,23)(H,21,22). The second-order valence-electron chi connectivity index (χ2n) is 5.66. The van der Waals surface area contributed by atoms with Gasteiger partial charge in [-0.2, -0.15) is 0 Å². The third-order valence-corrected chi connectivity index (χ3v) is 3.99. The number of amides is 1. The van der Waals surface area contributed by atoms with Crippen molar-refractivity contribution < 1.29 is 4.79 Å². The molecule has 0 atom stereocenters. The molecular formula is C19H18N2O2. The molecule has 4 heteroatoms. The minimum absolute atomic E-state index is 0.170. The second-order valence-corrected chi connectivity index (χ2v) is 5.66. The van der Waals surface area contributed by atoms with E-state index in [1.807, 2.05) is 56.3 Å². The molecule has 23 heavy (non-hydrogen) atoms. The summed E-state index contributed by atoms with van der Waals surface area (Å²) in [5, 5.41) is 3.78. The summed E-state index contributed by atoms with van der Waals surface area (Å²) in [4.78, 5) is 27.3. The normalized spacial score (nSPS) is 10.7. The van der Waals surface area contributed by atoms with Crippen molar-refractivity contribution in [3.05, 3.63) is 81.1 Å². The number of carbonyl (C=O) groups is 1. The van der Waals surface area contributed by atoms with Crippen LogP contribution in [0.3, 0.4) is 0 Å². The predicted molar refractivity (Wildman–Crippen MR) is 91.7 cm³/mol. The fourth-order valence-electron chi connectivity index (χ4n) is 2.66. The van der Waals surface area contributed by atoms with E-state index in [-0.39, 0.29) is 18.0 Å². The Bertz CT molecular complexity index is 941. The van der Waals surface area contributed by atoms with Crippen molar-refractivity contribution in [1.82, 2.24) is 10.3 Å². The first-order chi connectivity index (χ1) is 11.1. The molecule has 0 bridgehead atoms. The number of benzene rings is 2. The van der Waals surface area contributed by atoms with Crippen molar-refractivity contribution >= 4 is 16.8 Å². The number of para-hydroxylation sites is 1. The molecule has 0 aliphatic heterocycles. The van der Waals surface area contributed by atoms with Crippen molar-refractivity contribution in [2.75, 3.05) is 0 Å².